The lowest BCUT2D eigenvalue weighted by atomic mass is 10.1. The second-order valence-electron chi connectivity index (χ2n) is 6.82. The van der Waals surface area contributed by atoms with E-state index in [1.54, 1.807) is 12.4 Å². The van der Waals surface area contributed by atoms with Crippen LogP contribution in [-0.4, -0.2) is 16.6 Å². The van der Waals surface area contributed by atoms with Crippen molar-refractivity contribution >= 4 is 0 Å². The maximum absolute atomic E-state index is 5.76. The topological polar surface area (TPSA) is 44.2 Å². The van der Waals surface area contributed by atoms with Crippen LogP contribution in [0.1, 0.15) is 44.2 Å². The van der Waals surface area contributed by atoms with Crippen molar-refractivity contribution in [3.8, 4) is 22.9 Å². The molecule has 4 nitrogen and oxygen atoms in total. The molecular formula is C24H28N2O2. The average molecular weight is 377 g/mol. The lowest BCUT2D eigenvalue weighted by Crippen LogP contribution is -1.99. The number of ether oxygens (including phenoxy) is 2. The first-order valence-corrected chi connectivity index (χ1v) is 10.0. The maximum atomic E-state index is 5.76. The van der Waals surface area contributed by atoms with Crippen LogP contribution in [0, 0.1) is 0 Å². The first-order valence-electron chi connectivity index (χ1n) is 10.0. The van der Waals surface area contributed by atoms with E-state index in [-0.39, 0.29) is 0 Å². The fourth-order valence-corrected chi connectivity index (χ4v) is 2.84. The fraction of sp³-hybridized carbons (Fsp3) is 0.333. The van der Waals surface area contributed by atoms with E-state index in [1.165, 1.54) is 5.56 Å². The molecule has 0 saturated heterocycles. The third-order valence-corrected chi connectivity index (χ3v) is 4.49. The van der Waals surface area contributed by atoms with Gasteiger partial charge in [0.15, 0.2) is 0 Å². The van der Waals surface area contributed by atoms with Crippen molar-refractivity contribution in [1.29, 1.82) is 0 Å². The molecule has 0 amide bonds. The summed E-state index contributed by atoms with van der Waals surface area (Å²) in [5.74, 6) is 1.41. The minimum Gasteiger partial charge on any atom is -0.494 e. The molecule has 4 heteroatoms. The molecule has 0 atom stereocenters. The quantitative estimate of drug-likeness (QED) is 0.416. The number of aromatic nitrogens is 2. The van der Waals surface area contributed by atoms with Crippen LogP contribution in [0.2, 0.25) is 0 Å². The number of benzene rings is 2. The Hall–Kier alpha value is -2.88. The zero-order valence-electron chi connectivity index (χ0n) is 16.7. The van der Waals surface area contributed by atoms with Crippen LogP contribution in [0.4, 0.5) is 0 Å². The van der Waals surface area contributed by atoms with Gasteiger partial charge < -0.3 is 9.47 Å². The number of nitrogens with zero attached hydrogens (tertiary/aromatic N) is 2. The van der Waals surface area contributed by atoms with E-state index < -0.39 is 0 Å². The Morgan fingerprint density at radius 1 is 0.750 bits per heavy atom. The summed E-state index contributed by atoms with van der Waals surface area (Å²) < 4.78 is 11.5. The summed E-state index contributed by atoms with van der Waals surface area (Å²) in [6.45, 7) is 5.59. The Kier molecular flexibility index (Phi) is 7.42. The molecule has 0 N–H and O–H groups in total. The second kappa shape index (κ2) is 10.5. The van der Waals surface area contributed by atoms with E-state index in [9.17, 15) is 0 Å². The van der Waals surface area contributed by atoms with Crippen molar-refractivity contribution in [3.05, 3.63) is 72.1 Å². The molecule has 2 aromatic carbocycles. The molecule has 0 bridgehead atoms. The minimum atomic E-state index is 0.490. The second-order valence-corrected chi connectivity index (χ2v) is 6.82. The van der Waals surface area contributed by atoms with Crippen molar-refractivity contribution in [2.75, 3.05) is 6.61 Å². The van der Waals surface area contributed by atoms with Gasteiger partial charge in [0.25, 0.3) is 0 Å². The first kappa shape index (κ1) is 19.9. The van der Waals surface area contributed by atoms with Crippen molar-refractivity contribution in [2.45, 2.75) is 46.1 Å². The lowest BCUT2D eigenvalue weighted by molar-refractivity contribution is 0.292. The van der Waals surface area contributed by atoms with Gasteiger partial charge in [0.05, 0.1) is 24.7 Å². The summed E-state index contributed by atoms with van der Waals surface area (Å²) in [6.07, 6.45) is 7.88. The number of unbranched alkanes of at least 4 members (excludes halogenated alkanes) is 1. The van der Waals surface area contributed by atoms with Crippen molar-refractivity contribution in [2.24, 2.45) is 0 Å². The van der Waals surface area contributed by atoms with Crippen LogP contribution < -0.4 is 9.47 Å². The number of hydrogen-bond acceptors (Lipinski definition) is 4. The maximum Gasteiger partial charge on any atom is 0.232 e. The van der Waals surface area contributed by atoms with Gasteiger partial charge in [-0.05, 0) is 48.2 Å². The van der Waals surface area contributed by atoms with Crippen molar-refractivity contribution in [3.63, 3.8) is 0 Å². The summed E-state index contributed by atoms with van der Waals surface area (Å²) in [5, 5.41) is 0. The summed E-state index contributed by atoms with van der Waals surface area (Å²) in [5.41, 5.74) is 4.31. The third kappa shape index (κ3) is 5.81. The van der Waals surface area contributed by atoms with Gasteiger partial charge in [-0.15, -0.1) is 0 Å². The molecule has 28 heavy (non-hydrogen) atoms. The Labute approximate surface area is 167 Å². The summed E-state index contributed by atoms with van der Waals surface area (Å²) in [6, 6.07) is 16.5. The van der Waals surface area contributed by atoms with Crippen LogP contribution in [0.3, 0.4) is 0 Å². The molecule has 1 heterocycles. The molecule has 146 valence electrons. The molecule has 0 fully saturated rings. The zero-order valence-corrected chi connectivity index (χ0v) is 16.7. The van der Waals surface area contributed by atoms with Crippen LogP contribution in [0.5, 0.6) is 11.6 Å². The largest absolute Gasteiger partial charge is 0.494 e. The van der Waals surface area contributed by atoms with Gasteiger partial charge in [-0.2, -0.15) is 0 Å². The first-order chi connectivity index (χ1) is 13.8. The molecule has 0 radical (unpaired) electrons. The van der Waals surface area contributed by atoms with E-state index in [4.69, 9.17) is 9.47 Å². The highest BCUT2D eigenvalue weighted by molar-refractivity contribution is 5.59. The van der Waals surface area contributed by atoms with Crippen LogP contribution in [0.15, 0.2) is 60.9 Å². The molecular weight excluding hydrogens is 348 g/mol. The highest BCUT2D eigenvalue weighted by Gasteiger charge is 2.03. The summed E-state index contributed by atoms with van der Waals surface area (Å²) in [4.78, 5) is 8.86. The predicted molar refractivity (Wildman–Crippen MR) is 113 cm³/mol. The molecule has 0 aliphatic heterocycles. The van der Waals surface area contributed by atoms with Crippen molar-refractivity contribution in [1.82, 2.24) is 9.97 Å². The molecule has 0 saturated carbocycles. The summed E-state index contributed by atoms with van der Waals surface area (Å²) in [7, 11) is 0. The monoisotopic (exact) mass is 376 g/mol. The summed E-state index contributed by atoms with van der Waals surface area (Å²) >= 11 is 0. The van der Waals surface area contributed by atoms with Crippen LogP contribution in [0.25, 0.3) is 11.3 Å². The Morgan fingerprint density at radius 3 is 2.14 bits per heavy atom. The van der Waals surface area contributed by atoms with Gasteiger partial charge >= 0.3 is 0 Å². The molecule has 1 aromatic heterocycles. The van der Waals surface area contributed by atoms with Gasteiger partial charge in [0.2, 0.25) is 5.88 Å². The SMILES string of the molecule is CCCCOc1ccc(-c2cnc(OCc3ccc(CCC)cc3)cn2)cc1. The average Bonchev–Trinajstić information content (AvgIpc) is 2.75. The lowest BCUT2D eigenvalue weighted by Gasteiger charge is -2.08. The fourth-order valence-electron chi connectivity index (χ4n) is 2.84. The molecule has 0 aliphatic rings. The zero-order chi connectivity index (χ0) is 19.6. The van der Waals surface area contributed by atoms with Gasteiger partial charge in [-0.3, -0.25) is 0 Å². The van der Waals surface area contributed by atoms with Crippen LogP contribution >= 0.6 is 0 Å². The van der Waals surface area contributed by atoms with Crippen LogP contribution in [-0.2, 0) is 13.0 Å². The Bertz CT molecular complexity index is 828. The Morgan fingerprint density at radius 2 is 1.50 bits per heavy atom. The predicted octanol–water partition coefficient (Wildman–Crippen LogP) is 5.85. The molecule has 3 aromatic rings. The normalized spacial score (nSPS) is 10.6. The highest BCUT2D eigenvalue weighted by atomic mass is 16.5. The van der Waals surface area contributed by atoms with E-state index in [1.807, 2.05) is 24.3 Å². The number of aryl methyl sites for hydroxylation is 1. The molecule has 3 rings (SSSR count). The molecule has 0 aliphatic carbocycles. The number of hydrogen-bond donors (Lipinski definition) is 0. The van der Waals surface area contributed by atoms with Gasteiger partial charge in [0.1, 0.15) is 12.4 Å². The minimum absolute atomic E-state index is 0.490. The van der Waals surface area contributed by atoms with Gasteiger partial charge in [-0.1, -0.05) is 51.0 Å². The highest BCUT2D eigenvalue weighted by Crippen LogP contribution is 2.21. The van der Waals surface area contributed by atoms with E-state index in [0.29, 0.717) is 12.5 Å². The molecule has 0 unspecified atom stereocenters. The third-order valence-electron chi connectivity index (χ3n) is 4.49. The van der Waals surface area contributed by atoms with Gasteiger partial charge in [-0.25, -0.2) is 9.97 Å². The van der Waals surface area contributed by atoms with Crippen molar-refractivity contribution < 1.29 is 9.47 Å². The van der Waals surface area contributed by atoms with E-state index >= 15 is 0 Å². The Balaban J connectivity index is 1.54. The van der Waals surface area contributed by atoms with E-state index in [0.717, 1.165) is 54.9 Å². The van der Waals surface area contributed by atoms with E-state index in [2.05, 4.69) is 48.1 Å². The van der Waals surface area contributed by atoms with Gasteiger partial charge in [0, 0.05) is 5.56 Å². The molecule has 0 spiro atoms. The number of rotatable bonds is 10. The standard InChI is InChI=1S/C24H28N2O2/c1-3-5-15-27-22-13-11-21(12-14-22)23-16-26-24(17-25-23)28-18-20-9-7-19(6-4-2)8-10-20/h7-14,16-17H,3-6,15,18H2,1-2H3. The smallest absolute Gasteiger partial charge is 0.232 e.